The predicted octanol–water partition coefficient (Wildman–Crippen LogP) is 8.17. The number of halogens is 1. The number of hydrogen-bond donors (Lipinski definition) is 0. The molecule has 6 nitrogen and oxygen atoms in total. The van der Waals surface area contributed by atoms with Gasteiger partial charge in [0, 0.05) is 0 Å². The number of hydrogen-bond acceptors (Lipinski definition) is 7. The van der Waals surface area contributed by atoms with Gasteiger partial charge in [-0.15, -0.1) is 0 Å². The van der Waals surface area contributed by atoms with E-state index in [4.69, 9.17) is 42.8 Å². The van der Waals surface area contributed by atoms with Crippen LogP contribution in [0.1, 0.15) is 38.2 Å². The van der Waals surface area contributed by atoms with Crippen LogP contribution < -0.4 is 23.8 Å². The van der Waals surface area contributed by atoms with Crippen LogP contribution in [-0.2, 0) is 4.79 Å². The van der Waals surface area contributed by atoms with Crippen LogP contribution >= 0.6 is 35.6 Å². The topological polar surface area (TPSA) is 57.2 Å². The number of carbonyl (C=O) groups is 1. The summed E-state index contributed by atoms with van der Waals surface area (Å²) in [4.78, 5) is 15.1. The van der Waals surface area contributed by atoms with Crippen molar-refractivity contribution in [2.24, 2.45) is 0 Å². The fourth-order valence-electron chi connectivity index (χ4n) is 4.04. The number of para-hydroxylation sites is 1. The molecule has 1 fully saturated rings. The van der Waals surface area contributed by atoms with E-state index >= 15 is 0 Å². The third kappa shape index (κ3) is 7.93. The number of thiocarbonyl (C=S) groups is 1. The lowest BCUT2D eigenvalue weighted by atomic mass is 10.1. The second kappa shape index (κ2) is 15.0. The number of unbranched alkanes of at least 4 members (excludes halogenated alkanes) is 3. The van der Waals surface area contributed by atoms with Crippen LogP contribution in [0.15, 0.2) is 71.6 Å². The number of nitrogens with zero attached hydrogens (tertiary/aromatic N) is 1. The molecule has 0 aromatic heterocycles. The molecule has 0 aliphatic carbocycles. The fraction of sp³-hybridized carbons (Fsp3) is 0.290. The molecule has 0 spiro atoms. The van der Waals surface area contributed by atoms with Crippen LogP contribution in [0.25, 0.3) is 6.08 Å². The number of methoxy groups -OCH3 is 1. The third-order valence-electron chi connectivity index (χ3n) is 6.05. The molecular formula is C31H32ClNO5S2. The Morgan fingerprint density at radius 1 is 0.900 bits per heavy atom. The number of amides is 1. The molecule has 1 heterocycles. The second-order valence-electron chi connectivity index (χ2n) is 8.96. The van der Waals surface area contributed by atoms with Crippen LogP contribution in [-0.4, -0.2) is 37.2 Å². The maximum absolute atomic E-state index is 13.1. The van der Waals surface area contributed by atoms with Crippen molar-refractivity contribution in [1.82, 2.24) is 0 Å². The fourth-order valence-corrected chi connectivity index (χ4v) is 5.61. The van der Waals surface area contributed by atoms with Crippen LogP contribution in [0.2, 0.25) is 5.02 Å². The molecular weight excluding hydrogens is 566 g/mol. The highest BCUT2D eigenvalue weighted by atomic mass is 35.5. The summed E-state index contributed by atoms with van der Waals surface area (Å²) in [5.41, 5.74) is 1.43. The Morgan fingerprint density at radius 2 is 1.57 bits per heavy atom. The van der Waals surface area contributed by atoms with E-state index in [1.807, 2.05) is 54.6 Å². The number of anilines is 1. The molecule has 210 valence electrons. The van der Waals surface area contributed by atoms with E-state index in [9.17, 15) is 4.79 Å². The van der Waals surface area contributed by atoms with Gasteiger partial charge in [-0.1, -0.05) is 80.0 Å². The zero-order valence-corrected chi connectivity index (χ0v) is 24.9. The maximum Gasteiger partial charge on any atom is 0.270 e. The van der Waals surface area contributed by atoms with Crippen molar-refractivity contribution in [3.8, 4) is 23.0 Å². The zero-order chi connectivity index (χ0) is 28.3. The molecule has 0 unspecified atom stereocenters. The summed E-state index contributed by atoms with van der Waals surface area (Å²) < 4.78 is 23.5. The molecule has 0 bridgehead atoms. The van der Waals surface area contributed by atoms with E-state index in [0.29, 0.717) is 37.9 Å². The van der Waals surface area contributed by atoms with Gasteiger partial charge in [0.1, 0.15) is 24.7 Å². The standard InChI is InChI=1S/C31H32ClNO5S2/c1-3-4-5-9-16-36-24-12-14-25(15-13-24)37-17-18-38-29-26(32)19-22(20-27(29)35-2)21-28-30(34)33(31(39)40-28)23-10-7-6-8-11-23/h6-8,10-15,19-21H,3-5,9,16-18H2,1-2H3/b28-21-. The second-order valence-corrected chi connectivity index (χ2v) is 11.0. The van der Waals surface area contributed by atoms with E-state index < -0.39 is 0 Å². The number of ether oxygens (including phenoxy) is 4. The summed E-state index contributed by atoms with van der Waals surface area (Å²) in [6.07, 6.45) is 6.45. The van der Waals surface area contributed by atoms with Crippen molar-refractivity contribution in [3.63, 3.8) is 0 Å². The van der Waals surface area contributed by atoms with Crippen LogP contribution in [0.4, 0.5) is 5.69 Å². The summed E-state index contributed by atoms with van der Waals surface area (Å²) >= 11 is 13.3. The molecule has 1 aliphatic heterocycles. The number of thioether (sulfide) groups is 1. The van der Waals surface area contributed by atoms with Gasteiger partial charge in [0.05, 0.1) is 29.3 Å². The Morgan fingerprint density at radius 3 is 2.25 bits per heavy atom. The summed E-state index contributed by atoms with van der Waals surface area (Å²) in [6.45, 7) is 3.50. The average molecular weight is 598 g/mol. The number of benzene rings is 3. The quantitative estimate of drug-likeness (QED) is 0.105. The van der Waals surface area contributed by atoms with Gasteiger partial charge in [-0.05, 0) is 66.6 Å². The highest BCUT2D eigenvalue weighted by Crippen LogP contribution is 2.40. The van der Waals surface area contributed by atoms with Gasteiger partial charge in [0.2, 0.25) is 0 Å². The summed E-state index contributed by atoms with van der Waals surface area (Å²) in [5, 5.41) is 0.365. The van der Waals surface area contributed by atoms with E-state index in [-0.39, 0.29) is 12.5 Å². The molecule has 0 saturated carbocycles. The Bertz CT molecular complexity index is 1330. The Balaban J connectivity index is 1.32. The van der Waals surface area contributed by atoms with Crippen molar-refractivity contribution < 1.29 is 23.7 Å². The minimum atomic E-state index is -0.180. The van der Waals surface area contributed by atoms with E-state index in [2.05, 4.69) is 6.92 Å². The van der Waals surface area contributed by atoms with Crippen molar-refractivity contribution in [1.29, 1.82) is 0 Å². The summed E-state index contributed by atoms with van der Waals surface area (Å²) in [7, 11) is 1.54. The van der Waals surface area contributed by atoms with Gasteiger partial charge in [0.25, 0.3) is 5.91 Å². The lowest BCUT2D eigenvalue weighted by Crippen LogP contribution is -2.27. The predicted molar refractivity (Wildman–Crippen MR) is 167 cm³/mol. The first-order valence-corrected chi connectivity index (χ1v) is 14.8. The largest absolute Gasteiger partial charge is 0.494 e. The van der Waals surface area contributed by atoms with Gasteiger partial charge in [-0.2, -0.15) is 0 Å². The Kier molecular flexibility index (Phi) is 11.1. The first-order chi connectivity index (χ1) is 19.5. The van der Waals surface area contributed by atoms with Crippen LogP contribution in [0.5, 0.6) is 23.0 Å². The van der Waals surface area contributed by atoms with Gasteiger partial charge < -0.3 is 18.9 Å². The van der Waals surface area contributed by atoms with Crippen molar-refractivity contribution in [3.05, 3.63) is 82.2 Å². The lowest BCUT2D eigenvalue weighted by molar-refractivity contribution is -0.113. The molecule has 0 atom stereocenters. The molecule has 0 N–H and O–H groups in total. The van der Waals surface area contributed by atoms with Crippen molar-refractivity contribution >= 4 is 57.6 Å². The van der Waals surface area contributed by atoms with Crippen LogP contribution in [0, 0.1) is 0 Å². The minimum Gasteiger partial charge on any atom is -0.494 e. The first-order valence-electron chi connectivity index (χ1n) is 13.2. The van der Waals surface area contributed by atoms with Gasteiger partial charge in [0.15, 0.2) is 15.8 Å². The Labute approximate surface area is 250 Å². The molecule has 9 heteroatoms. The SMILES string of the molecule is CCCCCCOc1ccc(OCCOc2c(Cl)cc(/C=C3\SC(=S)N(c4ccccc4)C3=O)cc2OC)cc1. The minimum absolute atomic E-state index is 0.180. The van der Waals surface area contributed by atoms with Gasteiger partial charge >= 0.3 is 0 Å². The summed E-state index contributed by atoms with van der Waals surface area (Å²) in [6, 6.07) is 20.4. The monoisotopic (exact) mass is 597 g/mol. The molecule has 1 aliphatic rings. The number of rotatable bonds is 14. The van der Waals surface area contributed by atoms with Crippen molar-refractivity contribution in [2.75, 3.05) is 31.8 Å². The van der Waals surface area contributed by atoms with Crippen molar-refractivity contribution in [2.45, 2.75) is 32.6 Å². The van der Waals surface area contributed by atoms with Crippen LogP contribution in [0.3, 0.4) is 0 Å². The smallest absolute Gasteiger partial charge is 0.270 e. The van der Waals surface area contributed by atoms with Gasteiger partial charge in [-0.3, -0.25) is 9.69 Å². The molecule has 4 rings (SSSR count). The first kappa shape index (κ1) is 29.8. The molecule has 3 aromatic rings. The number of carbonyl (C=O) groups excluding carboxylic acids is 1. The highest BCUT2D eigenvalue weighted by Gasteiger charge is 2.33. The average Bonchev–Trinajstić information content (AvgIpc) is 3.24. The van der Waals surface area contributed by atoms with E-state index in [0.717, 1.165) is 30.2 Å². The lowest BCUT2D eigenvalue weighted by Gasteiger charge is -2.14. The molecule has 1 amide bonds. The highest BCUT2D eigenvalue weighted by molar-refractivity contribution is 8.27. The molecule has 40 heavy (non-hydrogen) atoms. The normalized spacial score (nSPS) is 14.1. The molecule has 3 aromatic carbocycles. The molecule has 0 radical (unpaired) electrons. The third-order valence-corrected chi connectivity index (χ3v) is 7.63. The maximum atomic E-state index is 13.1. The molecule has 1 saturated heterocycles. The zero-order valence-electron chi connectivity index (χ0n) is 22.6. The Hall–Kier alpha value is -3.20. The van der Waals surface area contributed by atoms with E-state index in [1.54, 1.807) is 25.3 Å². The summed E-state index contributed by atoms with van der Waals surface area (Å²) in [5.74, 6) is 2.24. The van der Waals surface area contributed by atoms with Gasteiger partial charge in [-0.25, -0.2) is 0 Å². The van der Waals surface area contributed by atoms with E-state index in [1.165, 1.54) is 35.9 Å².